The number of ether oxygens (including phenoxy) is 1. The van der Waals surface area contributed by atoms with E-state index in [9.17, 15) is 4.79 Å². The number of piperidine rings is 1. The standard InChI is InChI=1S/C31H31NO2/c33-31(34-21-30-28-15-6-4-13-26(28)27-14-5-7-16-29(27)30)32-24-11-8-12-25(32)20-23(19-24)18-17-22-9-2-1-3-10-22/h1-7,9-10,13-16,19,24-25,30H,8,11-12,17-18,20-21H2. The predicted octanol–water partition coefficient (Wildman–Crippen LogP) is 7.12. The van der Waals surface area contributed by atoms with Crippen LogP contribution < -0.4 is 0 Å². The van der Waals surface area contributed by atoms with Gasteiger partial charge in [0.05, 0.1) is 6.04 Å². The lowest BCUT2D eigenvalue weighted by Gasteiger charge is -2.44. The highest BCUT2D eigenvalue weighted by atomic mass is 16.6. The number of hydrogen-bond donors (Lipinski definition) is 0. The smallest absolute Gasteiger partial charge is 0.410 e. The van der Waals surface area contributed by atoms with Crippen molar-refractivity contribution in [3.8, 4) is 11.1 Å². The number of carbonyl (C=O) groups is 1. The maximum absolute atomic E-state index is 13.4. The van der Waals surface area contributed by atoms with Crippen LogP contribution in [0.4, 0.5) is 4.79 Å². The normalized spacial score (nSPS) is 20.9. The molecule has 1 saturated heterocycles. The van der Waals surface area contributed by atoms with E-state index in [2.05, 4.69) is 84.9 Å². The van der Waals surface area contributed by atoms with Gasteiger partial charge in [0.2, 0.25) is 0 Å². The van der Waals surface area contributed by atoms with Gasteiger partial charge in [0.25, 0.3) is 0 Å². The van der Waals surface area contributed by atoms with Crippen molar-refractivity contribution >= 4 is 6.09 Å². The number of rotatable bonds is 5. The Balaban J connectivity index is 1.15. The minimum absolute atomic E-state index is 0.109. The first-order chi connectivity index (χ1) is 16.8. The second-order valence-corrected chi connectivity index (χ2v) is 9.88. The summed E-state index contributed by atoms with van der Waals surface area (Å²) >= 11 is 0. The number of hydrogen-bond acceptors (Lipinski definition) is 2. The summed E-state index contributed by atoms with van der Waals surface area (Å²) in [5, 5.41) is 0. The van der Waals surface area contributed by atoms with Gasteiger partial charge in [-0.05, 0) is 66.3 Å². The molecule has 3 aromatic carbocycles. The fourth-order valence-electron chi connectivity index (χ4n) is 6.21. The predicted molar refractivity (Wildman–Crippen MR) is 136 cm³/mol. The van der Waals surface area contributed by atoms with Crippen LogP contribution in [0.2, 0.25) is 0 Å². The molecule has 6 rings (SSSR count). The zero-order chi connectivity index (χ0) is 22.9. The van der Waals surface area contributed by atoms with E-state index in [0.717, 1.165) is 32.1 Å². The Kier molecular flexibility index (Phi) is 5.70. The highest BCUT2D eigenvalue weighted by Gasteiger charge is 2.38. The summed E-state index contributed by atoms with van der Waals surface area (Å²) in [6, 6.07) is 28.2. The Morgan fingerprint density at radius 2 is 1.50 bits per heavy atom. The van der Waals surface area contributed by atoms with Gasteiger partial charge in [-0.3, -0.25) is 4.90 Å². The molecule has 172 valence electrons. The van der Waals surface area contributed by atoms with E-state index in [0.29, 0.717) is 6.61 Å². The zero-order valence-electron chi connectivity index (χ0n) is 19.5. The van der Waals surface area contributed by atoms with Gasteiger partial charge in [-0.25, -0.2) is 4.79 Å². The van der Waals surface area contributed by atoms with E-state index < -0.39 is 0 Å². The second kappa shape index (κ2) is 9.13. The third-order valence-electron chi connectivity index (χ3n) is 7.84. The molecule has 3 heteroatoms. The Morgan fingerprint density at radius 3 is 2.21 bits per heavy atom. The van der Waals surface area contributed by atoms with Crippen LogP contribution in [-0.2, 0) is 11.2 Å². The topological polar surface area (TPSA) is 29.5 Å². The first-order valence-corrected chi connectivity index (χ1v) is 12.6. The molecule has 2 aliphatic heterocycles. The summed E-state index contributed by atoms with van der Waals surface area (Å²) in [5.74, 6) is 0.109. The lowest BCUT2D eigenvalue weighted by molar-refractivity contribution is 0.0507. The molecule has 1 aliphatic carbocycles. The van der Waals surface area contributed by atoms with Crippen LogP contribution in [0.5, 0.6) is 0 Å². The summed E-state index contributed by atoms with van der Waals surface area (Å²) < 4.78 is 6.04. The van der Waals surface area contributed by atoms with Gasteiger partial charge in [0, 0.05) is 12.0 Å². The number of amides is 1. The first-order valence-electron chi connectivity index (χ1n) is 12.6. The van der Waals surface area contributed by atoms with Crippen LogP contribution >= 0.6 is 0 Å². The first kappa shape index (κ1) is 21.2. The van der Waals surface area contributed by atoms with E-state index in [4.69, 9.17) is 4.74 Å². The number of nitrogens with zero attached hydrogens (tertiary/aromatic N) is 1. The SMILES string of the molecule is O=C(OCC1c2ccccc2-c2ccccc21)N1C2C=C(CCc3ccccc3)CC1CCC2. The van der Waals surface area contributed by atoms with Gasteiger partial charge in [-0.2, -0.15) is 0 Å². The maximum atomic E-state index is 13.4. The van der Waals surface area contributed by atoms with Gasteiger partial charge < -0.3 is 4.74 Å². The Morgan fingerprint density at radius 1 is 0.824 bits per heavy atom. The number of carbonyl (C=O) groups excluding carboxylic acids is 1. The van der Waals surface area contributed by atoms with Crippen LogP contribution in [0.3, 0.4) is 0 Å². The van der Waals surface area contributed by atoms with Crippen LogP contribution in [0.25, 0.3) is 11.1 Å². The highest BCUT2D eigenvalue weighted by molar-refractivity contribution is 5.79. The monoisotopic (exact) mass is 449 g/mol. The molecule has 3 aliphatic rings. The molecule has 0 radical (unpaired) electrons. The van der Waals surface area contributed by atoms with Crippen molar-refractivity contribution in [1.29, 1.82) is 0 Å². The lowest BCUT2D eigenvalue weighted by Crippen LogP contribution is -2.52. The summed E-state index contributed by atoms with van der Waals surface area (Å²) in [6.07, 6.45) is 8.64. The summed E-state index contributed by atoms with van der Waals surface area (Å²) in [4.78, 5) is 15.4. The quantitative estimate of drug-likeness (QED) is 0.388. The van der Waals surface area contributed by atoms with Crippen LogP contribution in [-0.4, -0.2) is 29.7 Å². The molecule has 0 aromatic heterocycles. The van der Waals surface area contributed by atoms with Gasteiger partial charge in [-0.15, -0.1) is 0 Å². The van der Waals surface area contributed by atoms with Crippen molar-refractivity contribution in [2.75, 3.05) is 6.61 Å². The minimum Gasteiger partial charge on any atom is -0.448 e. The molecule has 34 heavy (non-hydrogen) atoms. The van der Waals surface area contributed by atoms with Crippen LogP contribution in [0, 0.1) is 0 Å². The van der Waals surface area contributed by atoms with E-state index in [1.807, 2.05) is 4.90 Å². The van der Waals surface area contributed by atoms with Gasteiger partial charge >= 0.3 is 6.09 Å². The summed E-state index contributed by atoms with van der Waals surface area (Å²) in [7, 11) is 0. The van der Waals surface area contributed by atoms with Crippen molar-refractivity contribution in [1.82, 2.24) is 4.90 Å². The van der Waals surface area contributed by atoms with Crippen molar-refractivity contribution < 1.29 is 9.53 Å². The molecule has 2 unspecified atom stereocenters. The fourth-order valence-corrected chi connectivity index (χ4v) is 6.21. The highest BCUT2D eigenvalue weighted by Crippen LogP contribution is 2.45. The maximum Gasteiger partial charge on any atom is 0.410 e. The molecule has 3 aromatic rings. The third kappa shape index (κ3) is 3.94. The fraction of sp³-hybridized carbons (Fsp3) is 0.323. The Bertz CT molecular complexity index is 1170. The van der Waals surface area contributed by atoms with E-state index in [1.54, 1.807) is 0 Å². The molecule has 2 heterocycles. The minimum atomic E-state index is -0.144. The molecule has 1 amide bonds. The molecule has 3 nitrogen and oxygen atoms in total. The number of benzene rings is 3. The molecule has 1 fully saturated rings. The second-order valence-electron chi connectivity index (χ2n) is 9.88. The molecular formula is C31H31NO2. The third-order valence-corrected chi connectivity index (χ3v) is 7.84. The van der Waals surface area contributed by atoms with E-state index in [-0.39, 0.29) is 24.1 Å². The van der Waals surface area contributed by atoms with Crippen molar-refractivity contribution in [3.05, 3.63) is 107 Å². The van der Waals surface area contributed by atoms with Crippen molar-refractivity contribution in [2.24, 2.45) is 0 Å². The Labute approximate surface area is 202 Å². The van der Waals surface area contributed by atoms with Crippen LogP contribution in [0.1, 0.15) is 54.7 Å². The average Bonchev–Trinajstić information content (AvgIpc) is 3.20. The van der Waals surface area contributed by atoms with Crippen LogP contribution in [0.15, 0.2) is 90.5 Å². The van der Waals surface area contributed by atoms with Crippen molar-refractivity contribution in [3.63, 3.8) is 0 Å². The summed E-state index contributed by atoms with van der Waals surface area (Å²) in [5.41, 5.74) is 7.94. The van der Waals surface area contributed by atoms with Crippen molar-refractivity contribution in [2.45, 2.75) is 56.5 Å². The number of aryl methyl sites for hydroxylation is 1. The summed E-state index contributed by atoms with van der Waals surface area (Å²) in [6.45, 7) is 0.396. The average molecular weight is 450 g/mol. The van der Waals surface area contributed by atoms with E-state index in [1.165, 1.54) is 39.8 Å². The molecule has 2 bridgehead atoms. The molecule has 0 saturated carbocycles. The number of fused-ring (bicyclic) bond motifs is 5. The largest absolute Gasteiger partial charge is 0.448 e. The van der Waals surface area contributed by atoms with E-state index >= 15 is 0 Å². The molecule has 0 N–H and O–H groups in total. The zero-order valence-corrected chi connectivity index (χ0v) is 19.5. The molecule has 0 spiro atoms. The van der Waals surface area contributed by atoms with Gasteiger partial charge in [-0.1, -0.05) is 90.5 Å². The van der Waals surface area contributed by atoms with Gasteiger partial charge in [0.1, 0.15) is 6.61 Å². The molecule has 2 atom stereocenters. The van der Waals surface area contributed by atoms with Gasteiger partial charge in [0.15, 0.2) is 0 Å². The molecular weight excluding hydrogens is 418 g/mol. The Hall–Kier alpha value is -3.33. The lowest BCUT2D eigenvalue weighted by atomic mass is 9.83.